The van der Waals surface area contributed by atoms with E-state index in [1.807, 2.05) is 0 Å². The normalized spacial score (nSPS) is 31.3. The third kappa shape index (κ3) is 6.64. The molecule has 2 unspecified atom stereocenters. The van der Waals surface area contributed by atoms with Crippen LogP contribution in [0.25, 0.3) is 0 Å². The molecule has 4 heteroatoms. The van der Waals surface area contributed by atoms with Gasteiger partial charge in [0, 0.05) is 0 Å². The third-order valence-corrected chi connectivity index (χ3v) is 4.61. The van der Waals surface area contributed by atoms with Crippen LogP contribution in [0, 0.1) is 5.92 Å². The van der Waals surface area contributed by atoms with Crippen molar-refractivity contribution in [3.63, 3.8) is 0 Å². The Morgan fingerprint density at radius 3 is 2.10 bits per heavy atom. The minimum absolute atomic E-state index is 0.116. The molecule has 0 bridgehead atoms. The van der Waals surface area contributed by atoms with Crippen LogP contribution in [-0.2, 0) is 4.74 Å². The van der Waals surface area contributed by atoms with Crippen LogP contribution in [0.1, 0.15) is 71.6 Å². The second-order valence-electron chi connectivity index (χ2n) is 6.59. The Labute approximate surface area is 129 Å². The molecule has 21 heavy (non-hydrogen) atoms. The summed E-state index contributed by atoms with van der Waals surface area (Å²) in [5, 5.41) is 29.1. The molecule has 3 N–H and O–H groups in total. The van der Waals surface area contributed by atoms with Gasteiger partial charge in [0.2, 0.25) is 0 Å². The zero-order valence-corrected chi connectivity index (χ0v) is 13.7. The SMILES string of the molecule is CCCCCCCCCCC(C)C1OC[C@@H](O)[C@H](O)[C@H]1O. The van der Waals surface area contributed by atoms with Crippen molar-refractivity contribution in [2.75, 3.05) is 6.61 Å². The van der Waals surface area contributed by atoms with Crippen molar-refractivity contribution in [1.29, 1.82) is 0 Å². The van der Waals surface area contributed by atoms with E-state index >= 15 is 0 Å². The summed E-state index contributed by atoms with van der Waals surface area (Å²) in [5.74, 6) is 0.210. The van der Waals surface area contributed by atoms with Crippen molar-refractivity contribution < 1.29 is 20.1 Å². The van der Waals surface area contributed by atoms with Crippen LogP contribution in [0.5, 0.6) is 0 Å². The molecule has 0 aliphatic carbocycles. The van der Waals surface area contributed by atoms with Gasteiger partial charge in [0.15, 0.2) is 0 Å². The largest absolute Gasteiger partial charge is 0.388 e. The van der Waals surface area contributed by atoms with Crippen LogP contribution < -0.4 is 0 Å². The van der Waals surface area contributed by atoms with E-state index in [4.69, 9.17) is 4.74 Å². The Morgan fingerprint density at radius 1 is 0.905 bits per heavy atom. The molecular formula is C17H34O4. The van der Waals surface area contributed by atoms with E-state index in [0.29, 0.717) is 0 Å². The maximum atomic E-state index is 9.97. The number of aliphatic hydroxyl groups excluding tert-OH is 3. The molecule has 1 aliphatic rings. The maximum Gasteiger partial charge on any atom is 0.111 e. The average Bonchev–Trinajstić information content (AvgIpc) is 2.47. The highest BCUT2D eigenvalue weighted by Crippen LogP contribution is 2.25. The number of unbranched alkanes of at least 4 members (excludes halogenated alkanes) is 7. The van der Waals surface area contributed by atoms with Crippen LogP contribution in [0.2, 0.25) is 0 Å². The van der Waals surface area contributed by atoms with Crippen molar-refractivity contribution in [1.82, 2.24) is 0 Å². The number of rotatable bonds is 10. The molecule has 0 radical (unpaired) electrons. The van der Waals surface area contributed by atoms with E-state index < -0.39 is 18.3 Å². The fourth-order valence-electron chi connectivity index (χ4n) is 3.09. The Bertz CT molecular complexity index is 259. The molecule has 1 saturated heterocycles. The first-order valence-electron chi connectivity index (χ1n) is 8.73. The van der Waals surface area contributed by atoms with Gasteiger partial charge >= 0.3 is 0 Å². The summed E-state index contributed by atoms with van der Waals surface area (Å²) in [5.41, 5.74) is 0. The van der Waals surface area contributed by atoms with E-state index in [9.17, 15) is 15.3 Å². The van der Waals surface area contributed by atoms with Gasteiger partial charge in [0.1, 0.15) is 18.3 Å². The molecule has 0 saturated carbocycles. The molecule has 0 spiro atoms. The van der Waals surface area contributed by atoms with Gasteiger partial charge in [-0.25, -0.2) is 0 Å². The summed E-state index contributed by atoms with van der Waals surface area (Å²) >= 11 is 0. The highest BCUT2D eigenvalue weighted by Gasteiger charge is 2.39. The van der Waals surface area contributed by atoms with Crippen LogP contribution in [0.3, 0.4) is 0 Å². The fraction of sp³-hybridized carbons (Fsp3) is 1.00. The topological polar surface area (TPSA) is 69.9 Å². The molecule has 1 heterocycles. The predicted molar refractivity (Wildman–Crippen MR) is 84.2 cm³/mol. The molecule has 0 aromatic rings. The molecule has 0 aromatic heterocycles. The van der Waals surface area contributed by atoms with Crippen molar-refractivity contribution in [2.45, 2.75) is 96.1 Å². The number of ether oxygens (including phenoxy) is 1. The fourth-order valence-corrected chi connectivity index (χ4v) is 3.09. The Morgan fingerprint density at radius 2 is 1.48 bits per heavy atom. The summed E-state index contributed by atoms with van der Waals surface area (Å²) in [6, 6.07) is 0. The van der Waals surface area contributed by atoms with Gasteiger partial charge in [-0.1, -0.05) is 65.2 Å². The molecule has 0 amide bonds. The Hall–Kier alpha value is -0.160. The molecular weight excluding hydrogens is 268 g/mol. The van der Waals surface area contributed by atoms with Gasteiger partial charge in [-0.05, 0) is 12.3 Å². The predicted octanol–water partition coefficient (Wildman–Crippen LogP) is 2.63. The van der Waals surface area contributed by atoms with Gasteiger partial charge in [-0.2, -0.15) is 0 Å². The Kier molecular flexibility index (Phi) is 9.49. The van der Waals surface area contributed by atoms with E-state index in [2.05, 4.69) is 13.8 Å². The second kappa shape index (κ2) is 10.5. The standard InChI is InChI=1S/C17H34O4/c1-3-4-5-6-7-8-9-10-11-13(2)17-16(20)15(19)14(18)12-21-17/h13-20H,3-12H2,1-2H3/t13?,14-,15+,16-,17?/m1/s1. The van der Waals surface area contributed by atoms with E-state index in [0.717, 1.165) is 12.8 Å². The van der Waals surface area contributed by atoms with Crippen molar-refractivity contribution in [2.24, 2.45) is 5.92 Å². The second-order valence-corrected chi connectivity index (χ2v) is 6.59. The highest BCUT2D eigenvalue weighted by atomic mass is 16.5. The van der Waals surface area contributed by atoms with Crippen molar-refractivity contribution in [3.8, 4) is 0 Å². The highest BCUT2D eigenvalue weighted by molar-refractivity contribution is 4.88. The molecule has 1 aliphatic heterocycles. The number of hydrogen-bond donors (Lipinski definition) is 3. The average molecular weight is 302 g/mol. The van der Waals surface area contributed by atoms with Crippen molar-refractivity contribution >= 4 is 0 Å². The van der Waals surface area contributed by atoms with Crippen LogP contribution in [0.4, 0.5) is 0 Å². The maximum absolute atomic E-state index is 9.97. The van der Waals surface area contributed by atoms with E-state index in [-0.39, 0.29) is 18.6 Å². The summed E-state index contributed by atoms with van der Waals surface area (Å²) in [6.45, 7) is 4.41. The van der Waals surface area contributed by atoms with Gasteiger partial charge in [0.05, 0.1) is 12.7 Å². The minimum Gasteiger partial charge on any atom is -0.388 e. The van der Waals surface area contributed by atoms with Crippen LogP contribution >= 0.6 is 0 Å². The first-order chi connectivity index (χ1) is 10.1. The zero-order chi connectivity index (χ0) is 15.7. The van der Waals surface area contributed by atoms with Crippen molar-refractivity contribution in [3.05, 3.63) is 0 Å². The van der Waals surface area contributed by atoms with Gasteiger partial charge < -0.3 is 20.1 Å². The lowest BCUT2D eigenvalue weighted by molar-refractivity contribution is -0.199. The van der Waals surface area contributed by atoms with Gasteiger partial charge in [-0.15, -0.1) is 0 Å². The lowest BCUT2D eigenvalue weighted by atomic mass is 9.88. The monoisotopic (exact) mass is 302 g/mol. The number of hydrogen-bond acceptors (Lipinski definition) is 4. The molecule has 4 nitrogen and oxygen atoms in total. The minimum atomic E-state index is -1.08. The zero-order valence-electron chi connectivity index (χ0n) is 13.7. The first-order valence-corrected chi connectivity index (χ1v) is 8.73. The summed E-state index contributed by atoms with van der Waals surface area (Å²) < 4.78 is 5.50. The van der Waals surface area contributed by atoms with E-state index in [1.54, 1.807) is 0 Å². The van der Waals surface area contributed by atoms with Crippen LogP contribution in [-0.4, -0.2) is 46.3 Å². The molecule has 1 rings (SSSR count). The first kappa shape index (κ1) is 18.9. The molecule has 0 aromatic carbocycles. The van der Waals surface area contributed by atoms with Gasteiger partial charge in [-0.3, -0.25) is 0 Å². The summed E-state index contributed by atoms with van der Waals surface area (Å²) in [7, 11) is 0. The summed E-state index contributed by atoms with van der Waals surface area (Å²) in [4.78, 5) is 0. The van der Waals surface area contributed by atoms with E-state index in [1.165, 1.54) is 44.9 Å². The Balaban J connectivity index is 2.09. The lowest BCUT2D eigenvalue weighted by Gasteiger charge is -2.38. The quantitative estimate of drug-likeness (QED) is 0.543. The molecule has 5 atom stereocenters. The number of aliphatic hydroxyl groups is 3. The smallest absolute Gasteiger partial charge is 0.111 e. The lowest BCUT2D eigenvalue weighted by Crippen LogP contribution is -2.54. The van der Waals surface area contributed by atoms with Crippen LogP contribution in [0.15, 0.2) is 0 Å². The van der Waals surface area contributed by atoms with Gasteiger partial charge in [0.25, 0.3) is 0 Å². The molecule has 1 fully saturated rings. The molecule has 126 valence electrons. The third-order valence-electron chi connectivity index (χ3n) is 4.61. The summed E-state index contributed by atoms with van der Waals surface area (Å²) in [6.07, 6.45) is 7.94.